The Hall–Kier alpha value is -1.27. The Balaban J connectivity index is 2.11. The number of hydrogen-bond acceptors (Lipinski definition) is 4. The molecule has 0 saturated carbocycles. The van der Waals surface area contributed by atoms with Crippen LogP contribution in [-0.2, 0) is 10.0 Å². The number of nitrogen functional groups attached to an aromatic ring is 1. The van der Waals surface area contributed by atoms with Crippen LogP contribution in [0.3, 0.4) is 0 Å². The molecule has 1 aromatic rings. The molecule has 6 heteroatoms. The first-order valence-electron chi connectivity index (χ1n) is 6.54. The van der Waals surface area contributed by atoms with Crippen LogP contribution in [0.1, 0.15) is 13.8 Å². The molecule has 2 N–H and O–H groups in total. The van der Waals surface area contributed by atoms with Crippen LogP contribution in [0.15, 0.2) is 24.3 Å². The third kappa shape index (κ3) is 3.01. The van der Waals surface area contributed by atoms with E-state index in [1.807, 2.05) is 31.2 Å². The summed E-state index contributed by atoms with van der Waals surface area (Å²) in [5, 5.41) is 0. The van der Waals surface area contributed by atoms with Crippen LogP contribution in [0.2, 0.25) is 0 Å². The minimum absolute atomic E-state index is 0.165. The van der Waals surface area contributed by atoms with Crippen molar-refractivity contribution in [3.8, 4) is 0 Å². The van der Waals surface area contributed by atoms with E-state index in [0.29, 0.717) is 19.6 Å². The van der Waals surface area contributed by atoms with Gasteiger partial charge >= 0.3 is 0 Å². The van der Waals surface area contributed by atoms with Crippen molar-refractivity contribution in [1.82, 2.24) is 4.31 Å². The maximum absolute atomic E-state index is 11.9. The lowest BCUT2D eigenvalue weighted by Crippen LogP contribution is -2.54. The summed E-state index contributed by atoms with van der Waals surface area (Å²) in [6, 6.07) is 7.87. The van der Waals surface area contributed by atoms with E-state index < -0.39 is 10.0 Å². The minimum Gasteiger partial charge on any atom is -0.399 e. The summed E-state index contributed by atoms with van der Waals surface area (Å²) in [6.45, 7) is 5.54. The maximum Gasteiger partial charge on any atom is 0.213 e. The highest BCUT2D eigenvalue weighted by atomic mass is 32.2. The fraction of sp³-hybridized carbons (Fsp3) is 0.538. The van der Waals surface area contributed by atoms with Crippen molar-refractivity contribution in [3.05, 3.63) is 24.3 Å². The molecule has 19 heavy (non-hydrogen) atoms. The van der Waals surface area contributed by atoms with E-state index in [-0.39, 0.29) is 11.8 Å². The molecule has 0 spiro atoms. The van der Waals surface area contributed by atoms with Gasteiger partial charge in [-0.2, -0.15) is 4.31 Å². The number of piperazine rings is 1. The molecule has 0 radical (unpaired) electrons. The lowest BCUT2D eigenvalue weighted by Gasteiger charge is -2.40. The van der Waals surface area contributed by atoms with Gasteiger partial charge in [-0.25, -0.2) is 8.42 Å². The number of nitrogens with two attached hydrogens (primary N) is 1. The van der Waals surface area contributed by atoms with Crippen molar-refractivity contribution in [2.45, 2.75) is 19.9 Å². The zero-order chi connectivity index (χ0) is 14.0. The topological polar surface area (TPSA) is 66.6 Å². The van der Waals surface area contributed by atoms with E-state index in [0.717, 1.165) is 11.4 Å². The van der Waals surface area contributed by atoms with E-state index in [2.05, 4.69) is 4.90 Å². The van der Waals surface area contributed by atoms with Crippen molar-refractivity contribution < 1.29 is 8.42 Å². The predicted molar refractivity (Wildman–Crippen MR) is 78.7 cm³/mol. The summed E-state index contributed by atoms with van der Waals surface area (Å²) in [4.78, 5) is 2.22. The molecule has 1 heterocycles. The van der Waals surface area contributed by atoms with Crippen LogP contribution < -0.4 is 10.6 Å². The van der Waals surface area contributed by atoms with Crippen molar-refractivity contribution in [2.24, 2.45) is 0 Å². The molecular weight excluding hydrogens is 262 g/mol. The largest absolute Gasteiger partial charge is 0.399 e. The van der Waals surface area contributed by atoms with Gasteiger partial charge in [0, 0.05) is 37.1 Å². The van der Waals surface area contributed by atoms with Gasteiger partial charge in [0.15, 0.2) is 0 Å². The highest BCUT2D eigenvalue weighted by molar-refractivity contribution is 7.89. The second kappa shape index (κ2) is 5.38. The van der Waals surface area contributed by atoms with Gasteiger partial charge in [0.2, 0.25) is 10.0 Å². The van der Waals surface area contributed by atoms with Crippen molar-refractivity contribution >= 4 is 21.4 Å². The van der Waals surface area contributed by atoms with Gasteiger partial charge in [-0.1, -0.05) is 0 Å². The highest BCUT2D eigenvalue weighted by Crippen LogP contribution is 2.22. The second-order valence-electron chi connectivity index (χ2n) is 4.89. The average Bonchev–Trinajstić information content (AvgIpc) is 2.40. The Labute approximate surface area is 115 Å². The Morgan fingerprint density at radius 1 is 1.26 bits per heavy atom. The Morgan fingerprint density at radius 3 is 2.42 bits per heavy atom. The first-order chi connectivity index (χ1) is 8.94. The van der Waals surface area contributed by atoms with E-state index >= 15 is 0 Å². The third-order valence-corrected chi connectivity index (χ3v) is 5.42. The monoisotopic (exact) mass is 283 g/mol. The van der Waals surface area contributed by atoms with Gasteiger partial charge in [-0.05, 0) is 38.1 Å². The van der Waals surface area contributed by atoms with Crippen molar-refractivity contribution in [1.29, 1.82) is 0 Å². The quantitative estimate of drug-likeness (QED) is 0.845. The van der Waals surface area contributed by atoms with Crippen LogP contribution >= 0.6 is 0 Å². The molecular formula is C13H21N3O2S. The number of benzene rings is 1. The van der Waals surface area contributed by atoms with Gasteiger partial charge in [0.05, 0.1) is 5.75 Å². The Kier molecular flexibility index (Phi) is 4.01. The van der Waals surface area contributed by atoms with E-state index in [1.165, 1.54) is 0 Å². The first-order valence-corrected chi connectivity index (χ1v) is 8.15. The molecule has 1 saturated heterocycles. The van der Waals surface area contributed by atoms with E-state index in [4.69, 9.17) is 5.73 Å². The lowest BCUT2D eigenvalue weighted by atomic mass is 10.1. The summed E-state index contributed by atoms with van der Waals surface area (Å²) < 4.78 is 25.3. The highest BCUT2D eigenvalue weighted by Gasteiger charge is 2.30. The molecule has 1 aliphatic rings. The molecule has 1 unspecified atom stereocenters. The number of sulfonamides is 1. The molecule has 1 fully saturated rings. The van der Waals surface area contributed by atoms with Gasteiger partial charge in [0.1, 0.15) is 0 Å². The van der Waals surface area contributed by atoms with Crippen LogP contribution in [-0.4, -0.2) is 44.2 Å². The van der Waals surface area contributed by atoms with Gasteiger partial charge < -0.3 is 10.6 Å². The summed E-state index contributed by atoms with van der Waals surface area (Å²) in [6.07, 6.45) is 0. The maximum atomic E-state index is 11.9. The number of hydrogen-bond donors (Lipinski definition) is 1. The first kappa shape index (κ1) is 14.1. The SMILES string of the molecule is CCS(=O)(=O)N1CCN(c2ccc(N)cc2)C(C)C1. The number of rotatable bonds is 3. The summed E-state index contributed by atoms with van der Waals surface area (Å²) >= 11 is 0. The van der Waals surface area contributed by atoms with Crippen LogP contribution in [0.5, 0.6) is 0 Å². The zero-order valence-electron chi connectivity index (χ0n) is 11.4. The zero-order valence-corrected chi connectivity index (χ0v) is 12.2. The van der Waals surface area contributed by atoms with Crippen molar-refractivity contribution in [2.75, 3.05) is 36.0 Å². The summed E-state index contributed by atoms with van der Waals surface area (Å²) in [5.41, 5.74) is 7.51. The second-order valence-corrected chi connectivity index (χ2v) is 7.15. The predicted octanol–water partition coefficient (Wildman–Crippen LogP) is 1.13. The summed E-state index contributed by atoms with van der Waals surface area (Å²) in [7, 11) is -3.08. The smallest absolute Gasteiger partial charge is 0.213 e. The molecule has 1 aromatic carbocycles. The Bertz CT molecular complexity index is 527. The van der Waals surface area contributed by atoms with Gasteiger partial charge in [0.25, 0.3) is 0 Å². The standard InChI is InChI=1S/C13H21N3O2S/c1-3-19(17,18)15-8-9-16(11(2)10-15)13-6-4-12(14)5-7-13/h4-7,11H,3,8-10,14H2,1-2H3. The molecule has 1 atom stereocenters. The molecule has 0 aromatic heterocycles. The van der Waals surface area contributed by atoms with Crippen molar-refractivity contribution in [3.63, 3.8) is 0 Å². The van der Waals surface area contributed by atoms with Gasteiger partial charge in [-0.15, -0.1) is 0 Å². The molecule has 0 bridgehead atoms. The summed E-state index contributed by atoms with van der Waals surface area (Å²) in [5.74, 6) is 0.168. The fourth-order valence-corrected chi connectivity index (χ4v) is 3.58. The molecule has 0 amide bonds. The lowest BCUT2D eigenvalue weighted by molar-refractivity contribution is 0.343. The van der Waals surface area contributed by atoms with E-state index in [9.17, 15) is 8.42 Å². The van der Waals surface area contributed by atoms with Crippen LogP contribution in [0.25, 0.3) is 0 Å². The van der Waals surface area contributed by atoms with Crippen LogP contribution in [0.4, 0.5) is 11.4 Å². The van der Waals surface area contributed by atoms with E-state index in [1.54, 1.807) is 11.2 Å². The minimum atomic E-state index is -3.08. The van der Waals surface area contributed by atoms with Crippen LogP contribution in [0, 0.1) is 0 Å². The molecule has 1 aliphatic heterocycles. The van der Waals surface area contributed by atoms with Gasteiger partial charge in [-0.3, -0.25) is 0 Å². The third-order valence-electron chi connectivity index (χ3n) is 3.57. The normalized spacial score (nSPS) is 21.6. The molecule has 2 rings (SSSR count). The number of anilines is 2. The number of nitrogens with zero attached hydrogens (tertiary/aromatic N) is 2. The fourth-order valence-electron chi connectivity index (χ4n) is 2.41. The average molecular weight is 283 g/mol. The molecule has 5 nitrogen and oxygen atoms in total. The Morgan fingerprint density at radius 2 is 1.89 bits per heavy atom. The molecule has 0 aliphatic carbocycles. The molecule has 106 valence electrons.